The van der Waals surface area contributed by atoms with Gasteiger partial charge in [0.1, 0.15) is 0 Å². The lowest BCUT2D eigenvalue weighted by atomic mass is 10.1. The number of hydrogen-bond donors (Lipinski definition) is 1. The first-order chi connectivity index (χ1) is 6.29. The number of aromatic nitrogens is 3. The number of rotatable bonds is 1. The average Bonchev–Trinajstić information content (AvgIpc) is 2.49. The predicted molar refractivity (Wildman–Crippen MR) is 48.3 cm³/mol. The summed E-state index contributed by atoms with van der Waals surface area (Å²) in [5.74, 6) is 0.519. The summed E-state index contributed by atoms with van der Waals surface area (Å²) < 4.78 is 7.24. The van der Waals surface area contributed by atoms with Gasteiger partial charge in [-0.05, 0) is 19.8 Å². The molecule has 0 aliphatic carbocycles. The van der Waals surface area contributed by atoms with E-state index >= 15 is 0 Å². The summed E-state index contributed by atoms with van der Waals surface area (Å²) in [6.45, 7) is 3.52. The van der Waals surface area contributed by atoms with E-state index in [4.69, 9.17) is 10.5 Å². The van der Waals surface area contributed by atoms with Gasteiger partial charge in [0.15, 0.2) is 5.82 Å². The fraction of sp³-hybridized carbons (Fsp3) is 0.750. The summed E-state index contributed by atoms with van der Waals surface area (Å²) in [4.78, 5) is 0. The van der Waals surface area contributed by atoms with E-state index in [1.165, 1.54) is 0 Å². The minimum atomic E-state index is 0.318. The van der Waals surface area contributed by atoms with Crippen LogP contribution in [0.4, 0.5) is 5.82 Å². The van der Waals surface area contributed by atoms with Gasteiger partial charge in [-0.3, -0.25) is 0 Å². The third-order valence-electron chi connectivity index (χ3n) is 2.45. The largest absolute Gasteiger partial charge is 0.381 e. The number of hydrogen-bond acceptors (Lipinski definition) is 4. The average molecular weight is 182 g/mol. The highest BCUT2D eigenvalue weighted by Crippen LogP contribution is 2.21. The van der Waals surface area contributed by atoms with Gasteiger partial charge in [0.05, 0.1) is 18.3 Å². The van der Waals surface area contributed by atoms with Crippen molar-refractivity contribution < 1.29 is 4.74 Å². The Bertz CT molecular complexity index is 290. The van der Waals surface area contributed by atoms with E-state index in [9.17, 15) is 0 Å². The summed E-state index contributed by atoms with van der Waals surface area (Å²) in [6, 6.07) is 0.318. The maximum atomic E-state index is 5.61. The van der Waals surface area contributed by atoms with E-state index in [1.54, 1.807) is 0 Å². The molecule has 13 heavy (non-hydrogen) atoms. The first-order valence-corrected chi connectivity index (χ1v) is 4.54. The second-order valence-corrected chi connectivity index (χ2v) is 3.38. The van der Waals surface area contributed by atoms with Crippen molar-refractivity contribution >= 4 is 5.82 Å². The zero-order valence-electron chi connectivity index (χ0n) is 7.73. The van der Waals surface area contributed by atoms with E-state index in [-0.39, 0.29) is 0 Å². The molecule has 1 saturated heterocycles. The maximum absolute atomic E-state index is 5.61. The van der Waals surface area contributed by atoms with Gasteiger partial charge >= 0.3 is 0 Å². The molecule has 2 N–H and O–H groups in total. The van der Waals surface area contributed by atoms with E-state index in [1.807, 2.05) is 11.6 Å². The highest BCUT2D eigenvalue weighted by atomic mass is 16.5. The molecule has 1 atom stereocenters. The number of nitrogens with zero attached hydrogens (tertiary/aromatic N) is 3. The second-order valence-electron chi connectivity index (χ2n) is 3.38. The van der Waals surface area contributed by atoms with Crippen LogP contribution in [0.5, 0.6) is 0 Å². The Kier molecular flexibility index (Phi) is 2.18. The Morgan fingerprint density at radius 1 is 1.62 bits per heavy atom. The summed E-state index contributed by atoms with van der Waals surface area (Å²) >= 11 is 0. The summed E-state index contributed by atoms with van der Waals surface area (Å²) in [5.41, 5.74) is 6.55. The van der Waals surface area contributed by atoms with Gasteiger partial charge in [-0.2, -0.15) is 0 Å². The predicted octanol–water partition coefficient (Wildman–Crippen LogP) is 0.520. The lowest BCUT2D eigenvalue weighted by Gasteiger charge is -2.22. The van der Waals surface area contributed by atoms with Crippen LogP contribution >= 0.6 is 0 Å². The SMILES string of the molecule is Cc1c(N)nnn1C1CCCOC1. The van der Waals surface area contributed by atoms with E-state index in [0.29, 0.717) is 11.9 Å². The molecule has 1 fully saturated rings. The van der Waals surface area contributed by atoms with Crippen LogP contribution in [0.3, 0.4) is 0 Å². The summed E-state index contributed by atoms with van der Waals surface area (Å²) in [7, 11) is 0. The van der Waals surface area contributed by atoms with Crippen molar-refractivity contribution in [3.8, 4) is 0 Å². The summed E-state index contributed by atoms with van der Waals surface area (Å²) in [5, 5.41) is 7.83. The van der Waals surface area contributed by atoms with Crippen molar-refractivity contribution in [1.82, 2.24) is 15.0 Å². The Morgan fingerprint density at radius 3 is 3.00 bits per heavy atom. The number of nitrogen functional groups attached to an aromatic ring is 1. The van der Waals surface area contributed by atoms with Crippen LogP contribution in [0.1, 0.15) is 24.6 Å². The first-order valence-electron chi connectivity index (χ1n) is 4.54. The molecule has 0 spiro atoms. The highest BCUT2D eigenvalue weighted by Gasteiger charge is 2.19. The molecular weight excluding hydrogens is 168 g/mol. The van der Waals surface area contributed by atoms with Gasteiger partial charge in [0, 0.05) is 6.61 Å². The molecule has 0 saturated carbocycles. The van der Waals surface area contributed by atoms with Crippen molar-refractivity contribution in [3.05, 3.63) is 5.69 Å². The second kappa shape index (κ2) is 3.33. The number of anilines is 1. The van der Waals surface area contributed by atoms with Crippen LogP contribution in [0.15, 0.2) is 0 Å². The molecule has 0 aromatic carbocycles. The normalized spacial score (nSPS) is 23.3. The van der Waals surface area contributed by atoms with Gasteiger partial charge in [0.25, 0.3) is 0 Å². The molecule has 5 nitrogen and oxygen atoms in total. The van der Waals surface area contributed by atoms with Crippen molar-refractivity contribution in [3.63, 3.8) is 0 Å². The smallest absolute Gasteiger partial charge is 0.168 e. The zero-order chi connectivity index (χ0) is 9.26. The van der Waals surface area contributed by atoms with Crippen molar-refractivity contribution in [2.24, 2.45) is 0 Å². The molecule has 0 bridgehead atoms. The van der Waals surface area contributed by atoms with Gasteiger partial charge in [-0.1, -0.05) is 5.21 Å². The first kappa shape index (κ1) is 8.50. The number of ether oxygens (including phenoxy) is 1. The zero-order valence-corrected chi connectivity index (χ0v) is 7.73. The van der Waals surface area contributed by atoms with Crippen LogP contribution in [-0.4, -0.2) is 28.2 Å². The molecule has 5 heteroatoms. The van der Waals surface area contributed by atoms with Crippen LogP contribution in [0, 0.1) is 6.92 Å². The monoisotopic (exact) mass is 182 g/mol. The molecule has 0 radical (unpaired) electrons. The van der Waals surface area contributed by atoms with Crippen LogP contribution in [0.25, 0.3) is 0 Å². The van der Waals surface area contributed by atoms with Gasteiger partial charge < -0.3 is 10.5 Å². The topological polar surface area (TPSA) is 66.0 Å². The minimum Gasteiger partial charge on any atom is -0.381 e. The quantitative estimate of drug-likeness (QED) is 0.687. The van der Waals surface area contributed by atoms with E-state index < -0.39 is 0 Å². The summed E-state index contributed by atoms with van der Waals surface area (Å²) in [6.07, 6.45) is 2.19. The molecule has 1 unspecified atom stereocenters. The highest BCUT2D eigenvalue weighted by molar-refractivity contribution is 5.31. The Balaban J connectivity index is 2.18. The van der Waals surface area contributed by atoms with Crippen LogP contribution in [0.2, 0.25) is 0 Å². The lowest BCUT2D eigenvalue weighted by Crippen LogP contribution is -2.23. The lowest BCUT2D eigenvalue weighted by molar-refractivity contribution is 0.0535. The standard InChI is InChI=1S/C8H14N4O/c1-6-8(9)10-11-12(6)7-3-2-4-13-5-7/h7H,2-5,9H2,1H3. The Labute approximate surface area is 76.9 Å². The third kappa shape index (κ3) is 1.51. The molecule has 1 aromatic rings. The fourth-order valence-electron chi connectivity index (χ4n) is 1.62. The van der Waals surface area contributed by atoms with Crippen LogP contribution in [-0.2, 0) is 4.74 Å². The number of nitrogens with two attached hydrogens (primary N) is 1. The molecular formula is C8H14N4O. The molecule has 2 rings (SSSR count). The Hall–Kier alpha value is -1.10. The van der Waals surface area contributed by atoms with Crippen molar-refractivity contribution in [2.75, 3.05) is 18.9 Å². The van der Waals surface area contributed by atoms with Gasteiger partial charge in [-0.15, -0.1) is 5.10 Å². The van der Waals surface area contributed by atoms with Crippen LogP contribution < -0.4 is 5.73 Å². The van der Waals surface area contributed by atoms with Gasteiger partial charge in [-0.25, -0.2) is 4.68 Å². The third-order valence-corrected chi connectivity index (χ3v) is 2.45. The molecule has 0 amide bonds. The molecule has 1 aromatic heterocycles. The Morgan fingerprint density at radius 2 is 2.46 bits per heavy atom. The molecule has 1 aliphatic rings. The fourth-order valence-corrected chi connectivity index (χ4v) is 1.62. The van der Waals surface area contributed by atoms with E-state index in [2.05, 4.69) is 10.3 Å². The van der Waals surface area contributed by atoms with E-state index in [0.717, 1.165) is 31.7 Å². The minimum absolute atomic E-state index is 0.318. The molecule has 2 heterocycles. The molecule has 1 aliphatic heterocycles. The van der Waals surface area contributed by atoms with Gasteiger partial charge in [0.2, 0.25) is 0 Å². The molecule has 72 valence electrons. The maximum Gasteiger partial charge on any atom is 0.168 e. The van der Waals surface area contributed by atoms with Crippen molar-refractivity contribution in [1.29, 1.82) is 0 Å². The van der Waals surface area contributed by atoms with Crippen molar-refractivity contribution in [2.45, 2.75) is 25.8 Å².